The largest absolute Gasteiger partial charge is 0.496 e. The van der Waals surface area contributed by atoms with Crippen LogP contribution >= 0.6 is 0 Å². The molecule has 1 unspecified atom stereocenters. The Morgan fingerprint density at radius 3 is 2.60 bits per heavy atom. The highest BCUT2D eigenvalue weighted by Crippen LogP contribution is 2.24. The molecule has 0 bridgehead atoms. The molecule has 8 nitrogen and oxygen atoms in total. The number of hydrogen-bond donors (Lipinski definition) is 2. The molecule has 8 heteroatoms. The van der Waals surface area contributed by atoms with E-state index in [9.17, 15) is 19.7 Å². The summed E-state index contributed by atoms with van der Waals surface area (Å²) in [6.45, 7) is 1.62. The molecule has 0 heterocycles. The Bertz CT molecular complexity index is 543. The zero-order chi connectivity index (χ0) is 15.3. The Morgan fingerprint density at radius 1 is 1.50 bits per heavy atom. The van der Waals surface area contributed by atoms with Crippen molar-refractivity contribution in [2.45, 2.75) is 19.4 Å². The molecular formula is C12H14N2O6. The van der Waals surface area contributed by atoms with E-state index in [1.165, 1.54) is 13.2 Å². The lowest BCUT2D eigenvalue weighted by Crippen LogP contribution is -2.40. The van der Waals surface area contributed by atoms with Gasteiger partial charge in [0, 0.05) is 6.07 Å². The molecule has 1 aromatic carbocycles. The molecule has 1 aromatic rings. The fourth-order valence-electron chi connectivity index (χ4n) is 1.56. The molecule has 108 valence electrons. The number of carboxylic acid groups (broad SMARTS) is 1. The summed E-state index contributed by atoms with van der Waals surface area (Å²) >= 11 is 0. The number of nitro groups is 1. The minimum atomic E-state index is -1.15. The van der Waals surface area contributed by atoms with Gasteiger partial charge in [0.05, 0.1) is 23.7 Å². The smallest absolute Gasteiger partial charge is 0.326 e. The summed E-state index contributed by atoms with van der Waals surface area (Å²) in [4.78, 5) is 32.8. The molecule has 0 fully saturated rings. The van der Waals surface area contributed by atoms with Crippen LogP contribution in [-0.4, -0.2) is 35.1 Å². The van der Waals surface area contributed by atoms with Gasteiger partial charge >= 0.3 is 5.97 Å². The lowest BCUT2D eigenvalue weighted by atomic mass is 10.1. The minimum Gasteiger partial charge on any atom is -0.496 e. The number of carbonyl (C=O) groups is 2. The molecular weight excluding hydrogens is 268 g/mol. The average molecular weight is 282 g/mol. The van der Waals surface area contributed by atoms with Crippen LogP contribution in [0.15, 0.2) is 18.2 Å². The molecule has 2 N–H and O–H groups in total. The number of methoxy groups -OCH3 is 1. The first kappa shape index (κ1) is 15.4. The van der Waals surface area contributed by atoms with E-state index in [0.29, 0.717) is 0 Å². The van der Waals surface area contributed by atoms with Gasteiger partial charge in [-0.25, -0.2) is 4.79 Å². The number of nitrogens with one attached hydrogen (secondary N) is 1. The fourth-order valence-corrected chi connectivity index (χ4v) is 1.56. The monoisotopic (exact) mass is 282 g/mol. The maximum absolute atomic E-state index is 12.0. The third-order valence-electron chi connectivity index (χ3n) is 2.65. The second kappa shape index (κ2) is 6.50. The summed E-state index contributed by atoms with van der Waals surface area (Å²) in [5.74, 6) is -1.80. The van der Waals surface area contributed by atoms with Crippen LogP contribution < -0.4 is 10.1 Å². The highest BCUT2D eigenvalue weighted by atomic mass is 16.6. The summed E-state index contributed by atoms with van der Waals surface area (Å²) < 4.78 is 4.92. The van der Waals surface area contributed by atoms with Gasteiger partial charge in [0.1, 0.15) is 11.8 Å². The zero-order valence-corrected chi connectivity index (χ0v) is 11.0. The summed E-state index contributed by atoms with van der Waals surface area (Å²) in [6, 6.07) is 2.46. The van der Waals surface area contributed by atoms with Crippen LogP contribution in [0, 0.1) is 10.1 Å². The van der Waals surface area contributed by atoms with Gasteiger partial charge in [0.25, 0.3) is 11.6 Å². The maximum Gasteiger partial charge on any atom is 0.326 e. The van der Waals surface area contributed by atoms with Gasteiger partial charge in [0.15, 0.2) is 0 Å². The molecule has 0 radical (unpaired) electrons. The number of rotatable bonds is 6. The number of nitrogens with zero attached hydrogens (tertiary/aromatic N) is 1. The number of carboxylic acids is 1. The van der Waals surface area contributed by atoms with E-state index in [1.807, 2.05) is 0 Å². The van der Waals surface area contributed by atoms with Gasteiger partial charge < -0.3 is 15.2 Å². The number of benzene rings is 1. The second-order valence-electron chi connectivity index (χ2n) is 3.91. The van der Waals surface area contributed by atoms with E-state index in [2.05, 4.69) is 5.32 Å². The molecule has 0 aliphatic carbocycles. The zero-order valence-electron chi connectivity index (χ0n) is 11.0. The third-order valence-corrected chi connectivity index (χ3v) is 2.65. The van der Waals surface area contributed by atoms with Crippen LogP contribution in [0.25, 0.3) is 0 Å². The molecule has 0 spiro atoms. The summed E-state index contributed by atoms with van der Waals surface area (Å²) in [5.41, 5.74) is -0.179. The average Bonchev–Trinajstić information content (AvgIpc) is 2.43. The number of carbonyl (C=O) groups excluding carboxylic acids is 1. The first-order chi connectivity index (χ1) is 9.40. The normalized spacial score (nSPS) is 11.5. The van der Waals surface area contributed by atoms with Gasteiger partial charge in [-0.3, -0.25) is 14.9 Å². The van der Waals surface area contributed by atoms with Crippen LogP contribution in [0.1, 0.15) is 23.7 Å². The Kier molecular flexibility index (Phi) is 5.01. The Morgan fingerprint density at radius 2 is 2.15 bits per heavy atom. The Balaban J connectivity index is 3.04. The van der Waals surface area contributed by atoms with Crippen LogP contribution in [0.5, 0.6) is 5.75 Å². The van der Waals surface area contributed by atoms with Crippen LogP contribution in [0.4, 0.5) is 5.69 Å². The second-order valence-corrected chi connectivity index (χ2v) is 3.91. The van der Waals surface area contributed by atoms with E-state index >= 15 is 0 Å². The fraction of sp³-hybridized carbons (Fsp3) is 0.333. The summed E-state index contributed by atoms with van der Waals surface area (Å²) in [7, 11) is 1.27. The first-order valence-corrected chi connectivity index (χ1v) is 5.76. The predicted molar refractivity (Wildman–Crippen MR) is 68.8 cm³/mol. The van der Waals surface area contributed by atoms with Crippen LogP contribution in [-0.2, 0) is 4.79 Å². The first-order valence-electron chi connectivity index (χ1n) is 5.76. The van der Waals surface area contributed by atoms with Crippen molar-refractivity contribution in [2.24, 2.45) is 0 Å². The number of ether oxygens (including phenoxy) is 1. The minimum absolute atomic E-state index is 0.0111. The Hall–Kier alpha value is -2.64. The van der Waals surface area contributed by atoms with E-state index in [0.717, 1.165) is 12.1 Å². The number of amides is 1. The van der Waals surface area contributed by atoms with E-state index < -0.39 is 22.8 Å². The van der Waals surface area contributed by atoms with E-state index in [-0.39, 0.29) is 23.4 Å². The highest BCUT2D eigenvalue weighted by Gasteiger charge is 2.22. The van der Waals surface area contributed by atoms with Crippen LogP contribution in [0.3, 0.4) is 0 Å². The Labute approximate surface area is 114 Å². The summed E-state index contributed by atoms with van der Waals surface area (Å²) in [5, 5.41) is 21.8. The molecule has 0 aliphatic heterocycles. The van der Waals surface area contributed by atoms with Crippen molar-refractivity contribution >= 4 is 17.6 Å². The number of aliphatic carboxylic acids is 1. The van der Waals surface area contributed by atoms with Gasteiger partial charge in [-0.2, -0.15) is 0 Å². The molecule has 1 atom stereocenters. The third kappa shape index (κ3) is 3.44. The number of hydrogen-bond acceptors (Lipinski definition) is 5. The number of non-ortho nitro benzene ring substituents is 1. The van der Waals surface area contributed by atoms with Gasteiger partial charge in [-0.05, 0) is 12.5 Å². The highest BCUT2D eigenvalue weighted by molar-refractivity contribution is 5.99. The SMILES string of the molecule is CCC(NC(=O)c1ccc([N+](=O)[O-])cc1OC)C(=O)O. The van der Waals surface area contributed by atoms with Crippen molar-refractivity contribution in [1.82, 2.24) is 5.32 Å². The van der Waals surface area contributed by atoms with E-state index in [4.69, 9.17) is 9.84 Å². The molecule has 0 saturated heterocycles. The quantitative estimate of drug-likeness (QED) is 0.597. The van der Waals surface area contributed by atoms with Gasteiger partial charge in [-0.1, -0.05) is 6.92 Å². The predicted octanol–water partition coefficient (Wildman–Crippen LogP) is 1.20. The molecule has 20 heavy (non-hydrogen) atoms. The van der Waals surface area contributed by atoms with Crippen molar-refractivity contribution in [3.63, 3.8) is 0 Å². The summed E-state index contributed by atoms with van der Waals surface area (Å²) in [6.07, 6.45) is 0.219. The molecule has 0 saturated carbocycles. The van der Waals surface area contributed by atoms with Crippen molar-refractivity contribution in [1.29, 1.82) is 0 Å². The maximum atomic E-state index is 12.0. The molecule has 1 amide bonds. The van der Waals surface area contributed by atoms with Crippen LogP contribution in [0.2, 0.25) is 0 Å². The standard InChI is InChI=1S/C12H14N2O6/c1-3-9(12(16)17)13-11(15)8-5-4-7(14(18)19)6-10(8)20-2/h4-6,9H,3H2,1-2H3,(H,13,15)(H,16,17). The van der Waals surface area contributed by atoms with Crippen molar-refractivity contribution in [2.75, 3.05) is 7.11 Å². The topological polar surface area (TPSA) is 119 Å². The molecule has 1 rings (SSSR count). The number of nitro benzene ring substituents is 1. The van der Waals surface area contributed by atoms with Crippen molar-refractivity contribution in [3.05, 3.63) is 33.9 Å². The molecule has 0 aliphatic rings. The van der Waals surface area contributed by atoms with Gasteiger partial charge in [0.2, 0.25) is 0 Å². The lowest BCUT2D eigenvalue weighted by Gasteiger charge is -2.13. The van der Waals surface area contributed by atoms with Crippen molar-refractivity contribution in [3.8, 4) is 5.75 Å². The van der Waals surface area contributed by atoms with Gasteiger partial charge in [-0.15, -0.1) is 0 Å². The molecule has 0 aromatic heterocycles. The lowest BCUT2D eigenvalue weighted by molar-refractivity contribution is -0.384. The van der Waals surface area contributed by atoms with Crippen molar-refractivity contribution < 1.29 is 24.4 Å². The van der Waals surface area contributed by atoms with E-state index in [1.54, 1.807) is 6.92 Å².